The first-order chi connectivity index (χ1) is 12.1. The van der Waals surface area contributed by atoms with Crippen LogP contribution in [0.2, 0.25) is 0 Å². The molecule has 2 heterocycles. The fourth-order valence-corrected chi connectivity index (χ4v) is 3.74. The zero-order valence-electron chi connectivity index (χ0n) is 15.9. The number of hydrogen-bond acceptors (Lipinski definition) is 4. The van der Waals surface area contributed by atoms with Crippen LogP contribution >= 0.6 is 0 Å². The van der Waals surface area contributed by atoms with E-state index in [-0.39, 0.29) is 0 Å². The number of nitrogens with one attached hydrogen (secondary N) is 1. The molecular formula is C20H30N4O. The highest BCUT2D eigenvalue weighted by Gasteiger charge is 2.23. The van der Waals surface area contributed by atoms with Crippen LogP contribution in [0, 0.1) is 13.8 Å². The fraction of sp³-hybridized carbons (Fsp3) is 0.550. The van der Waals surface area contributed by atoms with Crippen LogP contribution in [0.1, 0.15) is 41.4 Å². The molecule has 1 fully saturated rings. The maximum atomic E-state index is 5.30. The van der Waals surface area contributed by atoms with Crippen LogP contribution in [-0.4, -0.2) is 41.4 Å². The number of aromatic nitrogens is 2. The summed E-state index contributed by atoms with van der Waals surface area (Å²) in [6, 6.07) is 8.93. The third kappa shape index (κ3) is 4.05. The summed E-state index contributed by atoms with van der Waals surface area (Å²) in [5.74, 6) is 0.915. The lowest BCUT2D eigenvalue weighted by Gasteiger charge is -2.28. The standard InChI is InChI=1S/C20H30N4O/c1-15-19(16(2)23(3)22-15)13-21-14-20(24-11-5-6-12-24)17-7-9-18(25-4)10-8-17/h7-10,20-21H,5-6,11-14H2,1-4H3/t20-/m1/s1. The zero-order chi connectivity index (χ0) is 17.8. The summed E-state index contributed by atoms with van der Waals surface area (Å²) in [6.45, 7) is 8.41. The number of nitrogens with zero attached hydrogens (tertiary/aromatic N) is 3. The topological polar surface area (TPSA) is 42.3 Å². The highest BCUT2D eigenvalue weighted by atomic mass is 16.5. The summed E-state index contributed by atoms with van der Waals surface area (Å²) in [6.07, 6.45) is 2.60. The van der Waals surface area contributed by atoms with E-state index in [1.165, 1.54) is 42.8 Å². The van der Waals surface area contributed by atoms with E-state index in [0.717, 1.165) is 24.5 Å². The van der Waals surface area contributed by atoms with E-state index < -0.39 is 0 Å². The molecule has 136 valence electrons. The molecule has 0 unspecified atom stereocenters. The van der Waals surface area contributed by atoms with Crippen molar-refractivity contribution in [2.75, 3.05) is 26.7 Å². The molecule has 0 bridgehead atoms. The summed E-state index contributed by atoms with van der Waals surface area (Å²) in [7, 11) is 3.73. The molecule has 25 heavy (non-hydrogen) atoms. The van der Waals surface area contributed by atoms with Crippen LogP contribution in [0.25, 0.3) is 0 Å². The van der Waals surface area contributed by atoms with Crippen LogP contribution in [0.4, 0.5) is 0 Å². The summed E-state index contributed by atoms with van der Waals surface area (Å²) >= 11 is 0. The molecule has 0 saturated carbocycles. The fourth-order valence-electron chi connectivity index (χ4n) is 3.74. The molecular weight excluding hydrogens is 312 g/mol. The van der Waals surface area contributed by atoms with Gasteiger partial charge in [0, 0.05) is 37.4 Å². The summed E-state index contributed by atoms with van der Waals surface area (Å²) in [5.41, 5.74) is 5.04. The van der Waals surface area contributed by atoms with E-state index in [9.17, 15) is 0 Å². The molecule has 1 aliphatic heterocycles. The molecule has 0 amide bonds. The average Bonchev–Trinajstić information content (AvgIpc) is 3.23. The van der Waals surface area contributed by atoms with Crippen molar-refractivity contribution in [3.05, 3.63) is 46.8 Å². The van der Waals surface area contributed by atoms with E-state index in [1.807, 2.05) is 11.7 Å². The van der Waals surface area contributed by atoms with Crippen LogP contribution in [-0.2, 0) is 13.6 Å². The van der Waals surface area contributed by atoms with E-state index in [1.54, 1.807) is 7.11 Å². The Hall–Kier alpha value is -1.85. The molecule has 5 heteroatoms. The minimum atomic E-state index is 0.408. The predicted molar refractivity (Wildman–Crippen MR) is 101 cm³/mol. The van der Waals surface area contributed by atoms with Gasteiger partial charge in [-0.2, -0.15) is 5.10 Å². The first-order valence-electron chi connectivity index (χ1n) is 9.18. The summed E-state index contributed by atoms with van der Waals surface area (Å²) in [5, 5.41) is 8.19. The minimum Gasteiger partial charge on any atom is -0.497 e. The van der Waals surface area contributed by atoms with Crippen molar-refractivity contribution in [1.29, 1.82) is 0 Å². The molecule has 0 radical (unpaired) electrons. The number of aryl methyl sites for hydroxylation is 2. The molecule has 1 saturated heterocycles. The second kappa shape index (κ2) is 8.02. The van der Waals surface area contributed by atoms with Gasteiger partial charge >= 0.3 is 0 Å². The number of rotatable bonds is 7. The van der Waals surface area contributed by atoms with Crippen molar-refractivity contribution in [3.8, 4) is 5.75 Å². The van der Waals surface area contributed by atoms with Gasteiger partial charge in [0.1, 0.15) is 5.75 Å². The molecule has 0 aliphatic carbocycles. The van der Waals surface area contributed by atoms with Gasteiger partial charge in [0.25, 0.3) is 0 Å². The molecule has 1 N–H and O–H groups in total. The van der Waals surface area contributed by atoms with Gasteiger partial charge in [-0.15, -0.1) is 0 Å². The Bertz CT molecular complexity index is 686. The normalized spacial score (nSPS) is 16.3. The zero-order valence-corrected chi connectivity index (χ0v) is 15.9. The molecule has 1 aromatic carbocycles. The Labute approximate surface area is 151 Å². The van der Waals surface area contributed by atoms with Crippen molar-refractivity contribution in [1.82, 2.24) is 20.0 Å². The van der Waals surface area contributed by atoms with Crippen LogP contribution in [0.3, 0.4) is 0 Å². The maximum Gasteiger partial charge on any atom is 0.118 e. The van der Waals surface area contributed by atoms with Crippen LogP contribution < -0.4 is 10.1 Å². The van der Waals surface area contributed by atoms with Gasteiger partial charge in [-0.3, -0.25) is 9.58 Å². The molecule has 0 spiro atoms. The molecule has 1 atom stereocenters. The van der Waals surface area contributed by atoms with Crippen molar-refractivity contribution < 1.29 is 4.74 Å². The predicted octanol–water partition coefficient (Wildman–Crippen LogP) is 2.97. The SMILES string of the molecule is COc1ccc([C@@H](CNCc2c(C)nn(C)c2C)N2CCCC2)cc1. The third-order valence-corrected chi connectivity index (χ3v) is 5.38. The van der Waals surface area contributed by atoms with E-state index in [4.69, 9.17) is 4.74 Å². The van der Waals surface area contributed by atoms with Crippen molar-refractivity contribution in [2.45, 2.75) is 39.3 Å². The second-order valence-corrected chi connectivity index (χ2v) is 6.94. The van der Waals surface area contributed by atoms with Crippen LogP contribution in [0.15, 0.2) is 24.3 Å². The molecule has 1 aromatic heterocycles. The lowest BCUT2D eigenvalue weighted by molar-refractivity contribution is 0.238. The van der Waals surface area contributed by atoms with Gasteiger partial charge < -0.3 is 10.1 Å². The van der Waals surface area contributed by atoms with E-state index in [0.29, 0.717) is 6.04 Å². The van der Waals surface area contributed by atoms with Gasteiger partial charge in [-0.1, -0.05) is 12.1 Å². The van der Waals surface area contributed by atoms with Crippen LogP contribution in [0.5, 0.6) is 5.75 Å². The van der Waals surface area contributed by atoms with E-state index in [2.05, 4.69) is 53.4 Å². The Morgan fingerprint density at radius 2 is 1.84 bits per heavy atom. The summed E-state index contributed by atoms with van der Waals surface area (Å²) < 4.78 is 7.27. The molecule has 3 rings (SSSR count). The van der Waals surface area contributed by atoms with Gasteiger partial charge in [0.05, 0.1) is 12.8 Å². The number of methoxy groups -OCH3 is 1. The number of hydrogen-bond donors (Lipinski definition) is 1. The lowest BCUT2D eigenvalue weighted by atomic mass is 10.0. The Morgan fingerprint density at radius 3 is 2.40 bits per heavy atom. The number of benzene rings is 1. The van der Waals surface area contributed by atoms with Gasteiger partial charge in [0.2, 0.25) is 0 Å². The molecule has 5 nitrogen and oxygen atoms in total. The first-order valence-corrected chi connectivity index (χ1v) is 9.18. The number of ether oxygens (including phenoxy) is 1. The largest absolute Gasteiger partial charge is 0.497 e. The maximum absolute atomic E-state index is 5.30. The van der Waals surface area contributed by atoms with Gasteiger partial charge in [0.15, 0.2) is 0 Å². The second-order valence-electron chi connectivity index (χ2n) is 6.94. The number of likely N-dealkylation sites (tertiary alicyclic amines) is 1. The van der Waals surface area contributed by atoms with E-state index >= 15 is 0 Å². The molecule has 2 aromatic rings. The van der Waals surface area contributed by atoms with Crippen molar-refractivity contribution in [2.24, 2.45) is 7.05 Å². The average molecular weight is 342 g/mol. The smallest absolute Gasteiger partial charge is 0.118 e. The Morgan fingerprint density at radius 1 is 1.16 bits per heavy atom. The third-order valence-electron chi connectivity index (χ3n) is 5.38. The highest BCUT2D eigenvalue weighted by Crippen LogP contribution is 2.26. The minimum absolute atomic E-state index is 0.408. The first kappa shape index (κ1) is 18.0. The van der Waals surface area contributed by atoms with Gasteiger partial charge in [-0.05, 0) is 57.5 Å². The monoisotopic (exact) mass is 342 g/mol. The highest BCUT2D eigenvalue weighted by molar-refractivity contribution is 5.30. The van der Waals surface area contributed by atoms with Crippen molar-refractivity contribution >= 4 is 0 Å². The lowest BCUT2D eigenvalue weighted by Crippen LogP contribution is -2.34. The Balaban J connectivity index is 1.69. The molecule has 1 aliphatic rings. The van der Waals surface area contributed by atoms with Crippen molar-refractivity contribution in [3.63, 3.8) is 0 Å². The quantitative estimate of drug-likeness (QED) is 0.840. The van der Waals surface area contributed by atoms with Gasteiger partial charge in [-0.25, -0.2) is 0 Å². The summed E-state index contributed by atoms with van der Waals surface area (Å²) in [4.78, 5) is 2.60. The Kier molecular flexibility index (Phi) is 5.76.